The molecule has 136 valence electrons. The minimum absolute atomic E-state index is 0.0262. The highest BCUT2D eigenvalue weighted by Gasteiger charge is 2.35. The van der Waals surface area contributed by atoms with Crippen molar-refractivity contribution in [1.82, 2.24) is 5.32 Å². The van der Waals surface area contributed by atoms with E-state index in [1.54, 1.807) is 4.90 Å². The van der Waals surface area contributed by atoms with E-state index in [1.807, 2.05) is 68.4 Å². The number of rotatable bonds is 6. The van der Waals surface area contributed by atoms with Gasteiger partial charge in [-0.3, -0.25) is 9.59 Å². The number of benzene rings is 2. The van der Waals surface area contributed by atoms with E-state index in [0.717, 1.165) is 17.0 Å². The Kier molecular flexibility index (Phi) is 5.56. The van der Waals surface area contributed by atoms with Crippen LogP contribution in [0, 0.1) is 5.92 Å². The molecule has 0 spiro atoms. The van der Waals surface area contributed by atoms with E-state index in [2.05, 4.69) is 5.32 Å². The summed E-state index contributed by atoms with van der Waals surface area (Å²) in [6.45, 7) is 4.88. The summed E-state index contributed by atoms with van der Waals surface area (Å²) in [7, 11) is 0. The number of anilines is 1. The van der Waals surface area contributed by atoms with Crippen molar-refractivity contribution in [2.75, 3.05) is 18.1 Å². The molecule has 0 bridgehead atoms. The molecule has 0 aliphatic carbocycles. The van der Waals surface area contributed by atoms with E-state index in [1.165, 1.54) is 0 Å². The first-order valence-corrected chi connectivity index (χ1v) is 8.97. The topological polar surface area (TPSA) is 58.6 Å². The van der Waals surface area contributed by atoms with Crippen LogP contribution in [-0.2, 0) is 9.59 Å². The van der Waals surface area contributed by atoms with E-state index in [9.17, 15) is 9.59 Å². The fourth-order valence-corrected chi connectivity index (χ4v) is 3.18. The lowest BCUT2D eigenvalue weighted by atomic mass is 10.1. The second-order valence-corrected chi connectivity index (χ2v) is 6.47. The highest BCUT2D eigenvalue weighted by atomic mass is 16.5. The Morgan fingerprint density at radius 2 is 1.88 bits per heavy atom. The molecule has 1 N–H and O–H groups in total. The van der Waals surface area contributed by atoms with E-state index in [0.29, 0.717) is 13.2 Å². The maximum absolute atomic E-state index is 12.6. The van der Waals surface area contributed by atoms with Crippen LogP contribution in [0.3, 0.4) is 0 Å². The van der Waals surface area contributed by atoms with Crippen LogP contribution < -0.4 is 15.0 Å². The molecule has 26 heavy (non-hydrogen) atoms. The van der Waals surface area contributed by atoms with Gasteiger partial charge in [0.25, 0.3) is 0 Å². The zero-order valence-electron chi connectivity index (χ0n) is 15.1. The highest BCUT2D eigenvalue weighted by Crippen LogP contribution is 2.27. The quantitative estimate of drug-likeness (QED) is 0.868. The predicted octanol–water partition coefficient (Wildman–Crippen LogP) is 3.32. The molecule has 5 heteroatoms. The molecule has 0 aromatic heterocycles. The van der Waals surface area contributed by atoms with E-state index in [-0.39, 0.29) is 30.2 Å². The van der Waals surface area contributed by atoms with Gasteiger partial charge in [-0.1, -0.05) is 30.3 Å². The first-order valence-electron chi connectivity index (χ1n) is 8.97. The zero-order valence-corrected chi connectivity index (χ0v) is 15.1. The van der Waals surface area contributed by atoms with Gasteiger partial charge in [-0.25, -0.2) is 0 Å². The maximum Gasteiger partial charge on any atom is 0.227 e. The van der Waals surface area contributed by atoms with Gasteiger partial charge in [-0.05, 0) is 43.7 Å². The maximum atomic E-state index is 12.6. The molecule has 1 heterocycles. The molecule has 1 aliphatic rings. The lowest BCUT2D eigenvalue weighted by molar-refractivity contribution is -0.126. The van der Waals surface area contributed by atoms with Crippen LogP contribution in [0.2, 0.25) is 0 Å². The van der Waals surface area contributed by atoms with Crippen LogP contribution in [0.15, 0.2) is 54.6 Å². The summed E-state index contributed by atoms with van der Waals surface area (Å²) in [5, 5.41) is 3.02. The lowest BCUT2D eigenvalue weighted by Gasteiger charge is -2.19. The van der Waals surface area contributed by atoms with Crippen molar-refractivity contribution in [3.63, 3.8) is 0 Å². The van der Waals surface area contributed by atoms with Crippen LogP contribution in [-0.4, -0.2) is 25.0 Å². The summed E-state index contributed by atoms with van der Waals surface area (Å²) in [6, 6.07) is 17.1. The second kappa shape index (κ2) is 8.04. The van der Waals surface area contributed by atoms with E-state index < -0.39 is 0 Å². The Hall–Kier alpha value is -2.82. The van der Waals surface area contributed by atoms with Gasteiger partial charge in [0.05, 0.1) is 18.6 Å². The van der Waals surface area contributed by atoms with Crippen molar-refractivity contribution in [2.45, 2.75) is 26.3 Å². The van der Waals surface area contributed by atoms with Gasteiger partial charge < -0.3 is 15.0 Å². The largest absolute Gasteiger partial charge is 0.494 e. The molecule has 0 unspecified atom stereocenters. The molecule has 1 fully saturated rings. The summed E-state index contributed by atoms with van der Waals surface area (Å²) in [5.74, 6) is 0.332. The molecule has 5 nitrogen and oxygen atoms in total. The number of nitrogens with zero attached hydrogens (tertiary/aromatic N) is 1. The van der Waals surface area contributed by atoms with Crippen molar-refractivity contribution in [1.29, 1.82) is 0 Å². The van der Waals surface area contributed by atoms with E-state index >= 15 is 0 Å². The number of hydrogen-bond donors (Lipinski definition) is 1. The van der Waals surface area contributed by atoms with Crippen molar-refractivity contribution >= 4 is 17.5 Å². The van der Waals surface area contributed by atoms with Gasteiger partial charge in [0.2, 0.25) is 11.8 Å². The number of carbonyl (C=O) groups is 2. The summed E-state index contributed by atoms with van der Waals surface area (Å²) in [4.78, 5) is 26.6. The van der Waals surface area contributed by atoms with Gasteiger partial charge in [0, 0.05) is 18.7 Å². The SMILES string of the molecule is CCOc1ccc(N2C[C@@H](C(=O)N[C@H](C)c3ccccc3)CC2=O)cc1. The fraction of sp³-hybridized carbons (Fsp3) is 0.333. The number of amides is 2. The summed E-state index contributed by atoms with van der Waals surface area (Å²) >= 11 is 0. The van der Waals surface area contributed by atoms with Crippen molar-refractivity contribution in [3.05, 3.63) is 60.2 Å². The van der Waals surface area contributed by atoms with Gasteiger partial charge >= 0.3 is 0 Å². The Labute approximate surface area is 154 Å². The third-order valence-corrected chi connectivity index (χ3v) is 4.61. The Bertz CT molecular complexity index is 759. The predicted molar refractivity (Wildman–Crippen MR) is 101 cm³/mol. The van der Waals surface area contributed by atoms with Crippen LogP contribution in [0.5, 0.6) is 5.75 Å². The molecule has 0 radical (unpaired) electrons. The number of hydrogen-bond acceptors (Lipinski definition) is 3. The molecule has 2 aromatic carbocycles. The summed E-state index contributed by atoms with van der Waals surface area (Å²) < 4.78 is 5.43. The molecule has 1 saturated heterocycles. The molecule has 1 aliphatic heterocycles. The average Bonchev–Trinajstić information content (AvgIpc) is 3.05. The standard InChI is InChI=1S/C21H24N2O3/c1-3-26-19-11-9-18(10-12-19)23-14-17(13-20(23)24)21(25)22-15(2)16-7-5-4-6-8-16/h4-12,15,17H,3,13-14H2,1-2H3,(H,22,25)/t15-,17+/m1/s1. The van der Waals surface area contributed by atoms with Crippen LogP contribution >= 0.6 is 0 Å². The third kappa shape index (κ3) is 4.04. The minimum Gasteiger partial charge on any atom is -0.494 e. The zero-order chi connectivity index (χ0) is 18.5. The summed E-state index contributed by atoms with van der Waals surface area (Å²) in [6.07, 6.45) is 0.237. The van der Waals surface area contributed by atoms with Gasteiger partial charge in [0.15, 0.2) is 0 Å². The van der Waals surface area contributed by atoms with Gasteiger partial charge in [-0.2, -0.15) is 0 Å². The third-order valence-electron chi connectivity index (χ3n) is 4.61. The monoisotopic (exact) mass is 352 g/mol. The number of nitrogens with one attached hydrogen (secondary N) is 1. The normalized spacial score (nSPS) is 17.8. The molecular weight excluding hydrogens is 328 g/mol. The van der Waals surface area contributed by atoms with Crippen molar-refractivity contribution in [3.8, 4) is 5.75 Å². The molecule has 3 rings (SSSR count). The lowest BCUT2D eigenvalue weighted by Crippen LogP contribution is -2.34. The summed E-state index contributed by atoms with van der Waals surface area (Å²) in [5.41, 5.74) is 1.85. The van der Waals surface area contributed by atoms with Crippen molar-refractivity contribution in [2.24, 2.45) is 5.92 Å². The second-order valence-electron chi connectivity index (χ2n) is 6.47. The molecule has 2 amide bonds. The van der Waals surface area contributed by atoms with Crippen LogP contribution in [0.4, 0.5) is 5.69 Å². The first-order chi connectivity index (χ1) is 12.6. The Morgan fingerprint density at radius 3 is 2.54 bits per heavy atom. The highest BCUT2D eigenvalue weighted by molar-refractivity contribution is 6.00. The van der Waals surface area contributed by atoms with Gasteiger partial charge in [0.1, 0.15) is 5.75 Å². The number of ether oxygens (including phenoxy) is 1. The van der Waals surface area contributed by atoms with Crippen LogP contribution in [0.1, 0.15) is 31.9 Å². The average molecular weight is 352 g/mol. The Balaban J connectivity index is 1.62. The van der Waals surface area contributed by atoms with Gasteiger partial charge in [-0.15, -0.1) is 0 Å². The fourth-order valence-electron chi connectivity index (χ4n) is 3.18. The smallest absolute Gasteiger partial charge is 0.227 e. The Morgan fingerprint density at radius 1 is 1.19 bits per heavy atom. The molecule has 2 aromatic rings. The first kappa shape index (κ1) is 18.0. The molecule has 0 saturated carbocycles. The van der Waals surface area contributed by atoms with E-state index in [4.69, 9.17) is 4.74 Å². The molecular formula is C21H24N2O3. The van der Waals surface area contributed by atoms with Crippen LogP contribution in [0.25, 0.3) is 0 Å². The van der Waals surface area contributed by atoms with Crippen molar-refractivity contribution < 1.29 is 14.3 Å². The number of carbonyl (C=O) groups excluding carboxylic acids is 2. The molecule has 2 atom stereocenters. The minimum atomic E-state index is -0.333.